The second kappa shape index (κ2) is 8.78. The molecule has 0 radical (unpaired) electrons. The van der Waals surface area contributed by atoms with Crippen LogP contribution in [-0.4, -0.2) is 49.5 Å². The largest absolute Gasteiger partial charge is 0.480 e. The molecular formula is C19H25NO5. The second-order valence-electron chi connectivity index (χ2n) is 6.25. The van der Waals surface area contributed by atoms with Gasteiger partial charge in [0, 0.05) is 13.2 Å². The van der Waals surface area contributed by atoms with Gasteiger partial charge in [0.25, 0.3) is 0 Å². The number of nitrogens with one attached hydrogen (secondary N) is 1. The molecule has 0 aromatic heterocycles. The van der Waals surface area contributed by atoms with E-state index in [9.17, 15) is 14.7 Å². The minimum absolute atomic E-state index is 0.104. The van der Waals surface area contributed by atoms with E-state index in [-0.39, 0.29) is 19.1 Å². The van der Waals surface area contributed by atoms with Crippen LogP contribution < -0.4 is 5.32 Å². The van der Waals surface area contributed by atoms with Crippen molar-refractivity contribution in [3.8, 4) is 0 Å². The van der Waals surface area contributed by atoms with E-state index >= 15 is 0 Å². The molecule has 0 saturated carbocycles. The van der Waals surface area contributed by atoms with Crippen LogP contribution in [0.1, 0.15) is 24.0 Å². The number of carbonyl (C=O) groups excluding carboxylic acids is 1. The van der Waals surface area contributed by atoms with Crippen LogP contribution in [0.4, 0.5) is 0 Å². The molecule has 136 valence electrons. The normalized spacial score (nSPS) is 17.5. The van der Waals surface area contributed by atoms with Crippen molar-refractivity contribution in [1.82, 2.24) is 5.32 Å². The maximum Gasteiger partial charge on any atom is 0.328 e. The van der Waals surface area contributed by atoms with Gasteiger partial charge in [0.1, 0.15) is 0 Å². The lowest BCUT2D eigenvalue weighted by Gasteiger charge is -2.37. The molecule has 1 saturated heterocycles. The highest BCUT2D eigenvalue weighted by molar-refractivity contribution is 5.91. The summed E-state index contributed by atoms with van der Waals surface area (Å²) in [7, 11) is 0. The monoisotopic (exact) mass is 347 g/mol. The molecule has 6 heteroatoms. The fourth-order valence-corrected chi connectivity index (χ4v) is 2.98. The Balaban J connectivity index is 2.21. The van der Waals surface area contributed by atoms with Gasteiger partial charge in [0.05, 0.1) is 18.6 Å². The molecule has 1 unspecified atom stereocenters. The van der Waals surface area contributed by atoms with E-state index in [0.717, 1.165) is 11.1 Å². The Kier molecular flexibility index (Phi) is 6.73. The summed E-state index contributed by atoms with van der Waals surface area (Å²) >= 11 is 0. The average Bonchev–Trinajstić information content (AvgIpc) is 2.62. The number of hydrogen-bond acceptors (Lipinski definition) is 4. The van der Waals surface area contributed by atoms with Gasteiger partial charge in [0.15, 0.2) is 6.04 Å². The highest BCUT2D eigenvalue weighted by Crippen LogP contribution is 2.35. The Labute approximate surface area is 147 Å². The summed E-state index contributed by atoms with van der Waals surface area (Å²) in [5.41, 5.74) is 1.21. The summed E-state index contributed by atoms with van der Waals surface area (Å²) in [6, 6.07) is 6.69. The molecule has 0 bridgehead atoms. The van der Waals surface area contributed by atoms with E-state index in [1.165, 1.54) is 6.08 Å². The maximum absolute atomic E-state index is 13.0. The molecular weight excluding hydrogens is 322 g/mol. The molecule has 2 rings (SSSR count). The lowest BCUT2D eigenvalue weighted by Crippen LogP contribution is -2.54. The van der Waals surface area contributed by atoms with Crippen molar-refractivity contribution in [3.63, 3.8) is 0 Å². The van der Waals surface area contributed by atoms with Crippen LogP contribution in [0.2, 0.25) is 0 Å². The Bertz CT molecular complexity index is 605. The van der Waals surface area contributed by atoms with Crippen molar-refractivity contribution in [1.29, 1.82) is 0 Å². The van der Waals surface area contributed by atoms with E-state index in [1.807, 2.05) is 31.2 Å². The van der Waals surface area contributed by atoms with Crippen LogP contribution in [0.5, 0.6) is 0 Å². The van der Waals surface area contributed by atoms with Gasteiger partial charge < -0.3 is 19.9 Å². The number of carbonyl (C=O) groups is 2. The maximum atomic E-state index is 13.0. The van der Waals surface area contributed by atoms with Crippen LogP contribution in [0.15, 0.2) is 36.9 Å². The third-order valence-electron chi connectivity index (χ3n) is 4.51. The fourth-order valence-electron chi connectivity index (χ4n) is 2.98. The van der Waals surface area contributed by atoms with E-state index in [2.05, 4.69) is 11.9 Å². The number of aryl methyl sites for hydroxylation is 1. The molecule has 25 heavy (non-hydrogen) atoms. The summed E-state index contributed by atoms with van der Waals surface area (Å²) < 4.78 is 10.6. The third-order valence-corrected chi connectivity index (χ3v) is 4.51. The molecule has 1 fully saturated rings. The highest BCUT2D eigenvalue weighted by Gasteiger charge is 2.43. The fraction of sp³-hybridized carbons (Fsp3) is 0.474. The van der Waals surface area contributed by atoms with Crippen molar-refractivity contribution in [2.24, 2.45) is 0 Å². The summed E-state index contributed by atoms with van der Waals surface area (Å²) in [6.07, 6.45) is 2.57. The second-order valence-corrected chi connectivity index (χ2v) is 6.25. The summed E-state index contributed by atoms with van der Waals surface area (Å²) in [5, 5.41) is 12.0. The van der Waals surface area contributed by atoms with E-state index in [1.54, 1.807) is 0 Å². The molecule has 0 aliphatic carbocycles. The van der Waals surface area contributed by atoms with Gasteiger partial charge in [-0.1, -0.05) is 35.9 Å². The number of benzene rings is 1. The first kappa shape index (κ1) is 19.1. The first-order chi connectivity index (χ1) is 12.0. The molecule has 0 spiro atoms. The highest BCUT2D eigenvalue weighted by atomic mass is 16.5. The summed E-state index contributed by atoms with van der Waals surface area (Å²) in [6.45, 7) is 6.56. The molecule has 1 aromatic rings. The van der Waals surface area contributed by atoms with Crippen molar-refractivity contribution in [2.75, 3.05) is 26.4 Å². The predicted octanol–water partition coefficient (Wildman–Crippen LogP) is 1.82. The van der Waals surface area contributed by atoms with Gasteiger partial charge in [0.2, 0.25) is 5.91 Å². The number of carboxylic acids is 1. The number of aliphatic carboxylic acids is 1. The minimum Gasteiger partial charge on any atom is -0.480 e. The van der Waals surface area contributed by atoms with Gasteiger partial charge in [-0.2, -0.15) is 0 Å². The minimum atomic E-state index is -1.12. The zero-order chi connectivity index (χ0) is 18.3. The molecule has 1 heterocycles. The van der Waals surface area contributed by atoms with E-state index in [0.29, 0.717) is 26.1 Å². The van der Waals surface area contributed by atoms with E-state index in [4.69, 9.17) is 9.47 Å². The van der Waals surface area contributed by atoms with Crippen LogP contribution in [0.3, 0.4) is 0 Å². The standard InChI is InChI=1S/C19H25NO5/c1-3-10-25-13-16(17(21)22)20-18(23)19(8-11-24-12-9-19)15-6-4-14(2)5-7-15/h3-7,16H,1,8-13H2,2H3,(H,20,23)(H,21,22). The molecule has 2 N–H and O–H groups in total. The van der Waals surface area contributed by atoms with Crippen LogP contribution in [-0.2, 0) is 24.5 Å². The van der Waals surface area contributed by atoms with Gasteiger partial charge in [-0.25, -0.2) is 4.79 Å². The smallest absolute Gasteiger partial charge is 0.328 e. The Morgan fingerprint density at radius 2 is 2.00 bits per heavy atom. The topological polar surface area (TPSA) is 84.9 Å². The quantitative estimate of drug-likeness (QED) is 0.553. The first-order valence-electron chi connectivity index (χ1n) is 8.37. The number of ether oxygens (including phenoxy) is 2. The van der Waals surface area contributed by atoms with Gasteiger partial charge in [-0.3, -0.25) is 4.79 Å². The van der Waals surface area contributed by atoms with E-state index < -0.39 is 17.4 Å². The molecule has 1 amide bonds. The zero-order valence-electron chi connectivity index (χ0n) is 14.5. The lowest BCUT2D eigenvalue weighted by molar-refractivity contribution is -0.145. The van der Waals surface area contributed by atoms with Crippen molar-refractivity contribution >= 4 is 11.9 Å². The van der Waals surface area contributed by atoms with Crippen molar-refractivity contribution in [3.05, 3.63) is 48.0 Å². The Morgan fingerprint density at radius 1 is 1.36 bits per heavy atom. The first-order valence-corrected chi connectivity index (χ1v) is 8.37. The number of rotatable bonds is 8. The van der Waals surface area contributed by atoms with Gasteiger partial charge >= 0.3 is 5.97 Å². The Morgan fingerprint density at radius 3 is 2.56 bits per heavy atom. The average molecular weight is 347 g/mol. The van der Waals surface area contributed by atoms with Crippen LogP contribution >= 0.6 is 0 Å². The van der Waals surface area contributed by atoms with Crippen molar-refractivity contribution < 1.29 is 24.2 Å². The molecule has 1 atom stereocenters. The summed E-state index contributed by atoms with van der Waals surface area (Å²) in [5.74, 6) is -1.42. The number of hydrogen-bond donors (Lipinski definition) is 2. The molecule has 6 nitrogen and oxygen atoms in total. The lowest BCUT2D eigenvalue weighted by atomic mass is 9.73. The van der Waals surface area contributed by atoms with Crippen molar-refractivity contribution in [2.45, 2.75) is 31.2 Å². The van der Waals surface area contributed by atoms with Crippen LogP contribution in [0.25, 0.3) is 0 Å². The van der Waals surface area contributed by atoms with Crippen LogP contribution in [0, 0.1) is 6.92 Å². The molecule has 1 aliphatic rings. The summed E-state index contributed by atoms with van der Waals surface area (Å²) in [4.78, 5) is 24.5. The Hall–Kier alpha value is -2.18. The molecule has 1 aliphatic heterocycles. The number of amides is 1. The third kappa shape index (κ3) is 4.67. The molecule has 1 aromatic carbocycles. The number of carboxylic acid groups (broad SMARTS) is 1. The SMILES string of the molecule is C=CCOCC(NC(=O)C1(c2ccc(C)cc2)CCOCC1)C(=O)O. The predicted molar refractivity (Wildman–Crippen MR) is 93.5 cm³/mol. The van der Waals surface area contributed by atoms with Gasteiger partial charge in [-0.05, 0) is 25.3 Å². The zero-order valence-corrected chi connectivity index (χ0v) is 14.5. The van der Waals surface area contributed by atoms with Gasteiger partial charge in [-0.15, -0.1) is 6.58 Å².